The van der Waals surface area contributed by atoms with E-state index in [4.69, 9.17) is 9.47 Å². The lowest BCUT2D eigenvalue weighted by atomic mass is 10.2. The Labute approximate surface area is 159 Å². The lowest BCUT2D eigenvalue weighted by molar-refractivity contribution is 0.0844. The minimum atomic E-state index is -0.449. The molecule has 0 aliphatic rings. The van der Waals surface area contributed by atoms with Crippen molar-refractivity contribution < 1.29 is 19.1 Å². The highest BCUT2D eigenvalue weighted by molar-refractivity contribution is 6.00. The van der Waals surface area contributed by atoms with Crippen molar-refractivity contribution in [2.75, 3.05) is 33.9 Å². The van der Waals surface area contributed by atoms with Crippen LogP contribution in [0.3, 0.4) is 0 Å². The summed E-state index contributed by atoms with van der Waals surface area (Å²) >= 11 is 0. The molecule has 7 heteroatoms. The van der Waals surface area contributed by atoms with Gasteiger partial charge in [-0.15, -0.1) is 0 Å². The maximum Gasteiger partial charge on any atom is 0.273 e. The zero-order valence-electron chi connectivity index (χ0n) is 15.8. The number of rotatable bonds is 8. The molecule has 0 saturated heterocycles. The number of hydrogen-bond donors (Lipinski definition) is 2. The van der Waals surface area contributed by atoms with Crippen molar-refractivity contribution in [2.45, 2.75) is 6.92 Å². The first kappa shape index (κ1) is 20.3. The average Bonchev–Trinajstić information content (AvgIpc) is 2.67. The van der Waals surface area contributed by atoms with Crippen molar-refractivity contribution >= 4 is 11.8 Å². The molecule has 0 saturated carbocycles. The minimum Gasteiger partial charge on any atom is -0.494 e. The highest BCUT2D eigenvalue weighted by atomic mass is 16.5. The zero-order valence-corrected chi connectivity index (χ0v) is 15.8. The Morgan fingerprint density at radius 2 is 1.59 bits per heavy atom. The fourth-order valence-electron chi connectivity index (χ4n) is 2.24. The van der Waals surface area contributed by atoms with Crippen molar-refractivity contribution in [3.05, 3.63) is 59.7 Å². The van der Waals surface area contributed by atoms with Gasteiger partial charge >= 0.3 is 0 Å². The molecular weight excluding hydrogens is 346 g/mol. The topological polar surface area (TPSA) is 79.9 Å². The summed E-state index contributed by atoms with van der Waals surface area (Å²) in [5.41, 5.74) is 5.59. The molecule has 0 unspecified atom stereocenters. The lowest BCUT2D eigenvalue weighted by Gasteiger charge is -2.14. The van der Waals surface area contributed by atoms with Crippen LogP contribution >= 0.6 is 0 Å². The fourth-order valence-corrected chi connectivity index (χ4v) is 2.24. The fraction of sp³-hybridized carbons (Fsp3) is 0.300. The molecule has 0 radical (unpaired) electrons. The number of ether oxygens (including phenoxy) is 2. The van der Waals surface area contributed by atoms with Crippen molar-refractivity contribution in [3.8, 4) is 11.5 Å². The SMILES string of the molecule is CCOc1ccc(C(=O)NNC(=O)c2ccccc2OCCN(C)C)cc1. The molecule has 2 rings (SSSR count). The Morgan fingerprint density at radius 3 is 2.26 bits per heavy atom. The van der Waals surface area contributed by atoms with E-state index in [0.29, 0.717) is 35.8 Å². The first-order valence-corrected chi connectivity index (χ1v) is 8.71. The lowest BCUT2D eigenvalue weighted by Crippen LogP contribution is -2.41. The summed E-state index contributed by atoms with van der Waals surface area (Å²) in [4.78, 5) is 26.6. The highest BCUT2D eigenvalue weighted by Crippen LogP contribution is 2.17. The Bertz CT molecular complexity index is 760. The number of likely N-dealkylation sites (N-methyl/N-ethyl adjacent to an activating group) is 1. The normalized spacial score (nSPS) is 10.4. The summed E-state index contributed by atoms with van der Waals surface area (Å²) < 4.78 is 11.0. The van der Waals surface area contributed by atoms with Crippen LogP contribution in [0.15, 0.2) is 48.5 Å². The number of hydrogen-bond acceptors (Lipinski definition) is 5. The van der Waals surface area contributed by atoms with Crippen LogP contribution in [-0.2, 0) is 0 Å². The number of amides is 2. The molecule has 0 heterocycles. The summed E-state index contributed by atoms with van der Waals surface area (Å²) in [6.45, 7) is 3.62. The number of carbonyl (C=O) groups excluding carboxylic acids is 2. The Morgan fingerprint density at radius 1 is 0.926 bits per heavy atom. The summed E-state index contributed by atoms with van der Waals surface area (Å²) in [5.74, 6) is 0.279. The number of hydrazine groups is 1. The quantitative estimate of drug-likeness (QED) is 0.695. The van der Waals surface area contributed by atoms with Crippen LogP contribution in [0.5, 0.6) is 11.5 Å². The molecule has 0 spiro atoms. The van der Waals surface area contributed by atoms with Gasteiger partial charge in [-0.05, 0) is 57.4 Å². The third-order valence-corrected chi connectivity index (χ3v) is 3.64. The van der Waals surface area contributed by atoms with Gasteiger partial charge in [-0.3, -0.25) is 20.4 Å². The second-order valence-corrected chi connectivity index (χ2v) is 6.01. The molecule has 7 nitrogen and oxygen atoms in total. The van der Waals surface area contributed by atoms with Crippen molar-refractivity contribution in [3.63, 3.8) is 0 Å². The van der Waals surface area contributed by atoms with E-state index in [9.17, 15) is 9.59 Å². The number of nitrogens with zero attached hydrogens (tertiary/aromatic N) is 1. The molecule has 0 aliphatic carbocycles. The van der Waals surface area contributed by atoms with Crippen LogP contribution in [0.1, 0.15) is 27.6 Å². The summed E-state index contributed by atoms with van der Waals surface area (Å²) in [6.07, 6.45) is 0. The molecule has 27 heavy (non-hydrogen) atoms. The first-order chi connectivity index (χ1) is 13.0. The molecule has 144 valence electrons. The Kier molecular flexibility index (Phi) is 7.63. The van der Waals surface area contributed by atoms with Gasteiger partial charge in [0.25, 0.3) is 11.8 Å². The van der Waals surface area contributed by atoms with E-state index in [1.54, 1.807) is 48.5 Å². The standard InChI is InChI=1S/C20H25N3O4/c1-4-26-16-11-9-15(10-12-16)19(24)21-22-20(25)17-7-5-6-8-18(17)27-14-13-23(2)3/h5-12H,4,13-14H2,1-3H3,(H,21,24)(H,22,25). The Hall–Kier alpha value is -3.06. The molecule has 2 aromatic carbocycles. The molecule has 0 atom stereocenters. The van der Waals surface area contributed by atoms with Crippen molar-refractivity contribution in [1.29, 1.82) is 0 Å². The molecule has 0 fully saturated rings. The summed E-state index contributed by atoms with van der Waals surface area (Å²) in [7, 11) is 3.89. The molecule has 2 amide bonds. The van der Waals surface area contributed by atoms with Gasteiger partial charge < -0.3 is 14.4 Å². The van der Waals surface area contributed by atoms with E-state index in [1.807, 2.05) is 25.9 Å². The molecule has 0 bridgehead atoms. The Balaban J connectivity index is 1.94. The average molecular weight is 371 g/mol. The van der Waals surface area contributed by atoms with Gasteiger partial charge in [0.15, 0.2) is 0 Å². The molecular formula is C20H25N3O4. The van der Waals surface area contributed by atoms with Gasteiger partial charge in [0, 0.05) is 12.1 Å². The number of carbonyl (C=O) groups is 2. The van der Waals surface area contributed by atoms with Gasteiger partial charge in [-0.1, -0.05) is 12.1 Å². The third kappa shape index (κ3) is 6.31. The number of benzene rings is 2. The molecule has 2 aromatic rings. The van der Waals surface area contributed by atoms with Gasteiger partial charge in [0.05, 0.1) is 12.2 Å². The van der Waals surface area contributed by atoms with Crippen LogP contribution in [0.2, 0.25) is 0 Å². The molecule has 2 N–H and O–H groups in total. The van der Waals surface area contributed by atoms with Crippen molar-refractivity contribution in [1.82, 2.24) is 15.8 Å². The van der Waals surface area contributed by atoms with Gasteiger partial charge in [0.1, 0.15) is 18.1 Å². The van der Waals surface area contributed by atoms with Crippen LogP contribution in [-0.4, -0.2) is 50.6 Å². The van der Waals surface area contributed by atoms with Crippen LogP contribution in [0.4, 0.5) is 0 Å². The van der Waals surface area contributed by atoms with Crippen LogP contribution in [0.25, 0.3) is 0 Å². The predicted octanol–water partition coefficient (Wildman–Crippen LogP) is 2.10. The molecule has 0 aromatic heterocycles. The maximum absolute atomic E-state index is 12.4. The summed E-state index contributed by atoms with van der Waals surface area (Å²) in [5, 5.41) is 0. The van der Waals surface area contributed by atoms with Gasteiger partial charge in [-0.2, -0.15) is 0 Å². The van der Waals surface area contributed by atoms with Crippen LogP contribution in [0, 0.1) is 0 Å². The summed E-state index contributed by atoms with van der Waals surface area (Å²) in [6, 6.07) is 13.6. The van der Waals surface area contributed by atoms with Gasteiger partial charge in [-0.25, -0.2) is 0 Å². The zero-order chi connectivity index (χ0) is 19.6. The second kappa shape index (κ2) is 10.2. The smallest absolute Gasteiger partial charge is 0.273 e. The van der Waals surface area contributed by atoms with E-state index < -0.39 is 11.8 Å². The predicted molar refractivity (Wildman–Crippen MR) is 103 cm³/mol. The maximum atomic E-state index is 12.4. The van der Waals surface area contributed by atoms with Crippen LogP contribution < -0.4 is 20.3 Å². The van der Waals surface area contributed by atoms with E-state index in [0.717, 1.165) is 6.54 Å². The number of para-hydroxylation sites is 1. The monoisotopic (exact) mass is 371 g/mol. The largest absolute Gasteiger partial charge is 0.494 e. The van der Waals surface area contributed by atoms with Gasteiger partial charge in [0.2, 0.25) is 0 Å². The van der Waals surface area contributed by atoms with E-state index in [2.05, 4.69) is 10.9 Å². The molecule has 0 aliphatic heterocycles. The van der Waals surface area contributed by atoms with Crippen molar-refractivity contribution in [2.24, 2.45) is 0 Å². The van der Waals surface area contributed by atoms with E-state index >= 15 is 0 Å². The first-order valence-electron chi connectivity index (χ1n) is 8.71. The second-order valence-electron chi connectivity index (χ2n) is 6.01. The van der Waals surface area contributed by atoms with E-state index in [1.165, 1.54) is 0 Å². The third-order valence-electron chi connectivity index (χ3n) is 3.64. The number of nitrogens with one attached hydrogen (secondary N) is 2. The highest BCUT2D eigenvalue weighted by Gasteiger charge is 2.14. The van der Waals surface area contributed by atoms with E-state index in [-0.39, 0.29) is 0 Å². The minimum absolute atomic E-state index is 0.350.